The lowest BCUT2D eigenvalue weighted by atomic mass is 10.1. The largest absolute Gasteiger partial charge is 0.496 e. The molecule has 1 unspecified atom stereocenters. The Bertz CT molecular complexity index is 444. The lowest BCUT2D eigenvalue weighted by Gasteiger charge is -2.16. The van der Waals surface area contributed by atoms with Crippen LogP contribution in [0, 0.1) is 11.8 Å². The molecule has 1 saturated carbocycles. The fraction of sp³-hybridized carbons (Fsp3) is 0.625. The quantitative estimate of drug-likeness (QED) is 0.794. The molecule has 0 aromatic heterocycles. The molecule has 0 saturated heterocycles. The molecule has 1 aromatic rings. The zero-order chi connectivity index (χ0) is 14.5. The molecule has 4 heteroatoms. The van der Waals surface area contributed by atoms with Crippen molar-refractivity contribution >= 4 is 0 Å². The van der Waals surface area contributed by atoms with Crippen LogP contribution < -0.4 is 19.5 Å². The van der Waals surface area contributed by atoms with Gasteiger partial charge in [-0.1, -0.05) is 6.92 Å². The van der Waals surface area contributed by atoms with Crippen LogP contribution in [0.15, 0.2) is 12.1 Å². The molecule has 0 bridgehead atoms. The summed E-state index contributed by atoms with van der Waals surface area (Å²) in [5.74, 6) is 3.94. The number of hydrogen-bond acceptors (Lipinski definition) is 4. The number of rotatable bonds is 8. The fourth-order valence-electron chi connectivity index (χ4n) is 2.50. The maximum absolute atomic E-state index is 5.43. The van der Waals surface area contributed by atoms with Gasteiger partial charge in [0.25, 0.3) is 0 Å². The molecular weight excluding hydrogens is 254 g/mol. The van der Waals surface area contributed by atoms with Crippen LogP contribution in [0.4, 0.5) is 0 Å². The summed E-state index contributed by atoms with van der Waals surface area (Å²) in [6.07, 6.45) is 2.78. The van der Waals surface area contributed by atoms with Gasteiger partial charge in [0.1, 0.15) is 5.75 Å². The predicted octanol–water partition coefficient (Wildman–Crippen LogP) is 2.85. The Labute approximate surface area is 121 Å². The van der Waals surface area contributed by atoms with Crippen molar-refractivity contribution in [2.75, 3.05) is 27.9 Å². The normalized spacial score (nSPS) is 15.8. The van der Waals surface area contributed by atoms with Crippen molar-refractivity contribution in [1.29, 1.82) is 0 Å². The molecule has 20 heavy (non-hydrogen) atoms. The minimum absolute atomic E-state index is 0.694. The highest BCUT2D eigenvalue weighted by atomic mass is 16.5. The Kier molecular flexibility index (Phi) is 5.12. The molecule has 1 aromatic carbocycles. The molecule has 0 spiro atoms. The third kappa shape index (κ3) is 3.57. The van der Waals surface area contributed by atoms with E-state index in [4.69, 9.17) is 14.2 Å². The SMILES string of the molecule is COc1cc(OC)c(OC)cc1CNCC(C)C1CC1. The zero-order valence-electron chi connectivity index (χ0n) is 12.9. The second kappa shape index (κ2) is 6.84. The van der Waals surface area contributed by atoms with E-state index in [0.29, 0.717) is 5.75 Å². The van der Waals surface area contributed by atoms with Crippen LogP contribution >= 0.6 is 0 Å². The summed E-state index contributed by atoms with van der Waals surface area (Å²) < 4.78 is 16.1. The number of ether oxygens (including phenoxy) is 3. The Morgan fingerprint density at radius 1 is 1.05 bits per heavy atom. The Morgan fingerprint density at radius 2 is 1.65 bits per heavy atom. The summed E-state index contributed by atoms with van der Waals surface area (Å²) in [5, 5.41) is 3.51. The van der Waals surface area contributed by atoms with Gasteiger partial charge in [0.2, 0.25) is 0 Å². The molecule has 1 fully saturated rings. The van der Waals surface area contributed by atoms with Gasteiger partial charge in [0.05, 0.1) is 21.3 Å². The molecular formula is C16H25NO3. The number of hydrogen-bond donors (Lipinski definition) is 1. The van der Waals surface area contributed by atoms with Gasteiger partial charge < -0.3 is 19.5 Å². The summed E-state index contributed by atoms with van der Waals surface area (Å²) in [7, 11) is 4.96. The van der Waals surface area contributed by atoms with Gasteiger partial charge in [-0.25, -0.2) is 0 Å². The summed E-state index contributed by atoms with van der Waals surface area (Å²) in [6.45, 7) is 4.14. The van der Waals surface area contributed by atoms with Gasteiger partial charge in [-0.05, 0) is 37.3 Å². The van der Waals surface area contributed by atoms with Crippen molar-refractivity contribution < 1.29 is 14.2 Å². The molecule has 1 N–H and O–H groups in total. The van der Waals surface area contributed by atoms with E-state index in [1.165, 1.54) is 12.8 Å². The van der Waals surface area contributed by atoms with Gasteiger partial charge in [0, 0.05) is 18.2 Å². The first kappa shape index (κ1) is 15.0. The third-order valence-electron chi connectivity index (χ3n) is 4.00. The average Bonchev–Trinajstić information content (AvgIpc) is 3.31. The molecule has 1 aliphatic carbocycles. The first-order chi connectivity index (χ1) is 9.69. The molecule has 1 atom stereocenters. The van der Waals surface area contributed by atoms with Crippen LogP contribution in [-0.2, 0) is 6.54 Å². The maximum atomic E-state index is 5.43. The fourth-order valence-corrected chi connectivity index (χ4v) is 2.50. The van der Waals surface area contributed by atoms with Crippen LogP contribution in [0.1, 0.15) is 25.3 Å². The van der Waals surface area contributed by atoms with Crippen LogP contribution in [0.3, 0.4) is 0 Å². The smallest absolute Gasteiger partial charge is 0.164 e. The third-order valence-corrected chi connectivity index (χ3v) is 4.00. The summed E-state index contributed by atoms with van der Waals surface area (Å²) in [5.41, 5.74) is 1.09. The average molecular weight is 279 g/mol. The lowest BCUT2D eigenvalue weighted by Crippen LogP contribution is -2.22. The van der Waals surface area contributed by atoms with E-state index in [-0.39, 0.29) is 0 Å². The van der Waals surface area contributed by atoms with E-state index in [9.17, 15) is 0 Å². The molecule has 4 nitrogen and oxygen atoms in total. The zero-order valence-corrected chi connectivity index (χ0v) is 12.9. The first-order valence-corrected chi connectivity index (χ1v) is 7.19. The van der Waals surface area contributed by atoms with E-state index in [2.05, 4.69) is 12.2 Å². The Morgan fingerprint density at radius 3 is 2.20 bits per heavy atom. The monoisotopic (exact) mass is 279 g/mol. The van der Waals surface area contributed by atoms with Crippen molar-refractivity contribution in [3.63, 3.8) is 0 Å². The van der Waals surface area contributed by atoms with Crippen LogP contribution in [0.25, 0.3) is 0 Å². The van der Waals surface area contributed by atoms with Crippen LogP contribution in [0.5, 0.6) is 17.2 Å². The second-order valence-electron chi connectivity index (χ2n) is 5.46. The lowest BCUT2D eigenvalue weighted by molar-refractivity contribution is 0.346. The van der Waals surface area contributed by atoms with Crippen molar-refractivity contribution in [1.82, 2.24) is 5.32 Å². The molecule has 0 amide bonds. The van der Waals surface area contributed by atoms with Crippen molar-refractivity contribution in [3.8, 4) is 17.2 Å². The molecule has 0 radical (unpaired) electrons. The Balaban J connectivity index is 2.01. The van der Waals surface area contributed by atoms with E-state index in [1.54, 1.807) is 21.3 Å². The molecule has 0 aliphatic heterocycles. The summed E-state index contributed by atoms with van der Waals surface area (Å²) >= 11 is 0. The Hall–Kier alpha value is -1.42. The van der Waals surface area contributed by atoms with Gasteiger partial charge in [-0.3, -0.25) is 0 Å². The van der Waals surface area contributed by atoms with E-state index < -0.39 is 0 Å². The van der Waals surface area contributed by atoms with Gasteiger partial charge >= 0.3 is 0 Å². The highest BCUT2D eigenvalue weighted by Gasteiger charge is 2.27. The minimum Gasteiger partial charge on any atom is -0.496 e. The number of benzene rings is 1. The molecule has 2 rings (SSSR count). The van der Waals surface area contributed by atoms with Crippen molar-refractivity contribution in [2.24, 2.45) is 11.8 Å². The molecule has 1 aliphatic rings. The van der Waals surface area contributed by atoms with Crippen LogP contribution in [-0.4, -0.2) is 27.9 Å². The van der Waals surface area contributed by atoms with E-state index in [0.717, 1.165) is 42.0 Å². The van der Waals surface area contributed by atoms with Gasteiger partial charge in [-0.2, -0.15) is 0 Å². The van der Waals surface area contributed by atoms with E-state index >= 15 is 0 Å². The highest BCUT2D eigenvalue weighted by molar-refractivity contribution is 5.50. The second-order valence-corrected chi connectivity index (χ2v) is 5.46. The van der Waals surface area contributed by atoms with Crippen LogP contribution in [0.2, 0.25) is 0 Å². The predicted molar refractivity (Wildman–Crippen MR) is 79.7 cm³/mol. The van der Waals surface area contributed by atoms with Crippen molar-refractivity contribution in [3.05, 3.63) is 17.7 Å². The number of methoxy groups -OCH3 is 3. The number of nitrogens with one attached hydrogen (secondary N) is 1. The molecule has 112 valence electrons. The summed E-state index contributed by atoms with van der Waals surface area (Å²) in [4.78, 5) is 0. The first-order valence-electron chi connectivity index (χ1n) is 7.19. The van der Waals surface area contributed by atoms with Gasteiger partial charge in [-0.15, -0.1) is 0 Å². The molecule has 0 heterocycles. The maximum Gasteiger partial charge on any atom is 0.164 e. The standard InChI is InChI=1S/C16H25NO3/c1-11(12-5-6-12)9-17-10-13-7-15(19-3)16(20-4)8-14(13)18-2/h7-8,11-12,17H,5-6,9-10H2,1-4H3. The highest BCUT2D eigenvalue weighted by Crippen LogP contribution is 2.37. The van der Waals surface area contributed by atoms with Gasteiger partial charge in [0.15, 0.2) is 11.5 Å². The topological polar surface area (TPSA) is 39.7 Å². The van der Waals surface area contributed by atoms with E-state index in [1.807, 2.05) is 12.1 Å². The summed E-state index contributed by atoms with van der Waals surface area (Å²) in [6, 6.07) is 3.85. The van der Waals surface area contributed by atoms with Crippen molar-refractivity contribution in [2.45, 2.75) is 26.3 Å². The minimum atomic E-state index is 0.694.